The quantitative estimate of drug-likeness (QED) is 0.608. The lowest BCUT2D eigenvalue weighted by atomic mass is 9.89. The Labute approximate surface area is 192 Å². The minimum Gasteiger partial charge on any atom is -0.379 e. The van der Waals surface area contributed by atoms with Crippen LogP contribution in [0.1, 0.15) is 37.8 Å². The Balaban J connectivity index is 1.35. The van der Waals surface area contributed by atoms with Crippen LogP contribution >= 0.6 is 11.6 Å². The van der Waals surface area contributed by atoms with Gasteiger partial charge in [-0.3, -0.25) is 4.90 Å². The molecule has 2 saturated carbocycles. The molecule has 32 heavy (non-hydrogen) atoms. The van der Waals surface area contributed by atoms with Gasteiger partial charge in [0.25, 0.3) is 0 Å². The van der Waals surface area contributed by atoms with Gasteiger partial charge in [-0.2, -0.15) is 4.39 Å². The monoisotopic (exact) mass is 481 g/mol. The van der Waals surface area contributed by atoms with Gasteiger partial charge in [-0.25, -0.2) is 17.8 Å². The molecule has 1 N–H and O–H groups in total. The summed E-state index contributed by atoms with van der Waals surface area (Å²) in [5.74, 6) is -0.574. The number of aromatic nitrogens is 1. The van der Waals surface area contributed by atoms with Crippen LogP contribution in [0.3, 0.4) is 0 Å². The number of sulfone groups is 1. The fourth-order valence-corrected chi connectivity index (χ4v) is 6.94. The van der Waals surface area contributed by atoms with Gasteiger partial charge in [-0.05, 0) is 55.4 Å². The van der Waals surface area contributed by atoms with Crippen LogP contribution in [0, 0.1) is 23.6 Å². The van der Waals surface area contributed by atoms with E-state index in [1.807, 2.05) is 0 Å². The third kappa shape index (κ3) is 4.50. The summed E-state index contributed by atoms with van der Waals surface area (Å²) in [5, 5.41) is 3.57. The number of nitrogens with zero attached hydrogens (tertiary/aromatic N) is 2. The van der Waals surface area contributed by atoms with Crippen LogP contribution in [0.2, 0.25) is 5.02 Å². The molecule has 5 rings (SSSR count). The molecule has 3 fully saturated rings. The van der Waals surface area contributed by atoms with Gasteiger partial charge in [0.15, 0.2) is 9.84 Å². The van der Waals surface area contributed by atoms with Crippen molar-refractivity contribution in [2.75, 3.05) is 18.4 Å². The molecule has 4 atom stereocenters. The van der Waals surface area contributed by atoms with E-state index in [1.54, 1.807) is 0 Å². The number of hydrogen-bond acceptors (Lipinski definition) is 5. The summed E-state index contributed by atoms with van der Waals surface area (Å²) in [6.07, 6.45) is 5.70. The molecule has 2 unspecified atom stereocenters. The fraction of sp³-hybridized carbons (Fsp3) is 0.522. The number of anilines is 1. The summed E-state index contributed by atoms with van der Waals surface area (Å²) in [6, 6.07) is 6.74. The molecule has 2 heterocycles. The van der Waals surface area contributed by atoms with Gasteiger partial charge < -0.3 is 5.32 Å². The zero-order chi connectivity index (χ0) is 22.5. The lowest BCUT2D eigenvalue weighted by Gasteiger charge is -2.39. The van der Waals surface area contributed by atoms with Gasteiger partial charge in [-0.1, -0.05) is 30.5 Å². The Morgan fingerprint density at radius 1 is 1.12 bits per heavy atom. The third-order valence-corrected chi connectivity index (χ3v) is 8.99. The summed E-state index contributed by atoms with van der Waals surface area (Å²) in [7, 11) is -4.08. The van der Waals surface area contributed by atoms with Crippen LogP contribution in [-0.2, 0) is 15.6 Å². The maximum Gasteiger partial charge on any atom is 0.213 e. The molecule has 9 heteroatoms. The Morgan fingerprint density at radius 3 is 2.62 bits per heavy atom. The Hall–Kier alpha value is -1.77. The van der Waals surface area contributed by atoms with Crippen molar-refractivity contribution >= 4 is 27.1 Å². The summed E-state index contributed by atoms with van der Waals surface area (Å²) < 4.78 is 53.8. The molecule has 2 aromatic rings. The van der Waals surface area contributed by atoms with Crippen molar-refractivity contribution in [3.63, 3.8) is 0 Å². The van der Waals surface area contributed by atoms with Crippen molar-refractivity contribution in [3.8, 4) is 0 Å². The second kappa shape index (κ2) is 8.54. The molecule has 172 valence electrons. The lowest BCUT2D eigenvalue weighted by Crippen LogP contribution is -2.48. The van der Waals surface area contributed by atoms with Gasteiger partial charge >= 0.3 is 0 Å². The first kappa shape index (κ1) is 22.0. The predicted octanol–water partition coefficient (Wildman–Crippen LogP) is 4.66. The minimum atomic E-state index is -4.08. The first-order chi connectivity index (χ1) is 15.3. The van der Waals surface area contributed by atoms with Crippen LogP contribution < -0.4 is 5.32 Å². The van der Waals surface area contributed by atoms with Gasteiger partial charge in [0.1, 0.15) is 10.7 Å². The number of hydrogen-bond donors (Lipinski definition) is 1. The molecule has 0 bridgehead atoms. The van der Waals surface area contributed by atoms with E-state index in [0.717, 1.165) is 56.3 Å². The van der Waals surface area contributed by atoms with E-state index in [1.165, 1.54) is 31.0 Å². The number of fused-ring (bicyclic) bond motifs is 1. The summed E-state index contributed by atoms with van der Waals surface area (Å²) in [5.41, 5.74) is 0.421. The molecule has 0 amide bonds. The molecule has 1 saturated heterocycles. The third-order valence-electron chi connectivity index (χ3n) is 7.01. The molecule has 0 radical (unpaired) electrons. The number of rotatable bonds is 6. The molecule has 1 aliphatic heterocycles. The van der Waals surface area contributed by atoms with Crippen molar-refractivity contribution < 1.29 is 17.2 Å². The molecule has 2 aliphatic carbocycles. The molecule has 1 aromatic heterocycles. The largest absolute Gasteiger partial charge is 0.379 e. The first-order valence-electron chi connectivity index (χ1n) is 11.1. The molecule has 1 aromatic carbocycles. The summed E-state index contributed by atoms with van der Waals surface area (Å²) in [4.78, 5) is 5.63. The molecule has 5 nitrogen and oxygen atoms in total. The lowest BCUT2D eigenvalue weighted by molar-refractivity contribution is 0.161. The molecular formula is C23H26ClF2N3O2S. The highest BCUT2D eigenvalue weighted by Gasteiger charge is 2.48. The Morgan fingerprint density at radius 2 is 1.88 bits per heavy atom. The highest BCUT2D eigenvalue weighted by molar-refractivity contribution is 7.90. The van der Waals surface area contributed by atoms with Crippen molar-refractivity contribution in [1.29, 1.82) is 0 Å². The Bertz CT molecular complexity index is 1120. The SMILES string of the molecule is O=S(=O)(Cc1cccc(F)n1)c1cc(Cl)c(N[C@@H]2CCCC[C@H]2N2CC3CC3C2)cc1F. The summed E-state index contributed by atoms with van der Waals surface area (Å²) >= 11 is 6.41. The van der Waals surface area contributed by atoms with E-state index in [2.05, 4.69) is 15.2 Å². The fourth-order valence-electron chi connectivity index (χ4n) is 5.30. The van der Waals surface area contributed by atoms with E-state index in [9.17, 15) is 17.2 Å². The van der Waals surface area contributed by atoms with Crippen LogP contribution in [-0.4, -0.2) is 43.5 Å². The Kier molecular flexibility index (Phi) is 5.88. The molecular weight excluding hydrogens is 456 g/mol. The van der Waals surface area contributed by atoms with Crippen LogP contribution in [0.15, 0.2) is 35.2 Å². The first-order valence-corrected chi connectivity index (χ1v) is 13.2. The van der Waals surface area contributed by atoms with Crippen molar-refractivity contribution in [2.45, 2.75) is 54.8 Å². The highest BCUT2D eigenvalue weighted by atomic mass is 35.5. The van der Waals surface area contributed by atoms with E-state index in [0.29, 0.717) is 11.7 Å². The van der Waals surface area contributed by atoms with Crippen molar-refractivity contribution in [1.82, 2.24) is 9.88 Å². The number of benzene rings is 1. The second-order valence-corrected chi connectivity index (χ2v) is 11.7. The molecule has 0 spiro atoms. The zero-order valence-electron chi connectivity index (χ0n) is 17.6. The second-order valence-electron chi connectivity index (χ2n) is 9.29. The van der Waals surface area contributed by atoms with Crippen molar-refractivity contribution in [2.24, 2.45) is 11.8 Å². The van der Waals surface area contributed by atoms with Crippen molar-refractivity contribution in [3.05, 3.63) is 52.8 Å². The van der Waals surface area contributed by atoms with Gasteiger partial charge in [0, 0.05) is 25.2 Å². The number of likely N-dealkylation sites (tertiary alicyclic amines) is 1. The van der Waals surface area contributed by atoms with E-state index in [-0.39, 0.29) is 16.8 Å². The zero-order valence-corrected chi connectivity index (χ0v) is 19.2. The average Bonchev–Trinajstić information content (AvgIpc) is 3.35. The number of pyridine rings is 1. The minimum absolute atomic E-state index is 0.0106. The van der Waals surface area contributed by atoms with Crippen LogP contribution in [0.4, 0.5) is 14.5 Å². The van der Waals surface area contributed by atoms with E-state index < -0.39 is 32.3 Å². The molecule has 3 aliphatic rings. The average molecular weight is 482 g/mol. The number of nitrogens with one attached hydrogen (secondary N) is 1. The van der Waals surface area contributed by atoms with Gasteiger partial charge in [0.2, 0.25) is 5.95 Å². The van der Waals surface area contributed by atoms with Gasteiger partial charge in [0.05, 0.1) is 22.2 Å². The topological polar surface area (TPSA) is 62.3 Å². The number of piperidine rings is 1. The van der Waals surface area contributed by atoms with E-state index >= 15 is 0 Å². The maximum atomic E-state index is 14.9. The van der Waals surface area contributed by atoms with Crippen LogP contribution in [0.5, 0.6) is 0 Å². The van der Waals surface area contributed by atoms with E-state index in [4.69, 9.17) is 11.6 Å². The van der Waals surface area contributed by atoms with Gasteiger partial charge in [-0.15, -0.1) is 0 Å². The predicted molar refractivity (Wildman–Crippen MR) is 119 cm³/mol. The maximum absolute atomic E-state index is 14.9. The number of halogens is 3. The smallest absolute Gasteiger partial charge is 0.213 e. The summed E-state index contributed by atoms with van der Waals surface area (Å²) in [6.45, 7) is 2.28. The normalized spacial score (nSPS) is 27.8. The highest BCUT2D eigenvalue weighted by Crippen LogP contribution is 2.47. The van der Waals surface area contributed by atoms with Crippen LogP contribution in [0.25, 0.3) is 0 Å². The standard InChI is InChI=1S/C23H26ClF2N3O2S/c24-17-9-22(32(30,31)13-16-4-3-7-23(26)27-16)18(25)10-20(17)28-19-5-1-2-6-21(19)29-11-14-8-15(14)12-29/h3-4,7,9-10,14-15,19,21,28H,1-2,5-6,8,11-13H2/t14?,15?,19-,21-/m1/s1.